The molecule has 9 amide bonds. The van der Waals surface area contributed by atoms with E-state index in [4.69, 9.17) is 28.3 Å². The van der Waals surface area contributed by atoms with Crippen LogP contribution in [-0.2, 0) is 47.9 Å². The van der Waals surface area contributed by atoms with E-state index in [0.29, 0.717) is 5.75 Å². The molecule has 328 valence electrons. The zero-order valence-corrected chi connectivity index (χ0v) is 34.1. The molecule has 0 fully saturated rings. The smallest absolute Gasteiger partial charge is 0.303 e. The summed E-state index contributed by atoms with van der Waals surface area (Å²) in [6.45, 7) is 4.71. The average Bonchev–Trinajstić information content (AvgIpc) is 3.11. The Balaban J connectivity index is 6.49. The normalized spacial score (nSPS) is 13.9. The van der Waals surface area contributed by atoms with E-state index in [1.165, 1.54) is 11.8 Å². The molecule has 17 N–H and O–H groups in total. The molecule has 6 atom stereocenters. The van der Waals surface area contributed by atoms with Gasteiger partial charge in [0.1, 0.15) is 36.3 Å². The molecule has 0 saturated carbocycles. The molecule has 0 aliphatic heterocycles. The molecule has 58 heavy (non-hydrogen) atoms. The molecule has 0 radical (unpaired) electrons. The summed E-state index contributed by atoms with van der Waals surface area (Å²) in [6.07, 6.45) is -0.0314. The van der Waals surface area contributed by atoms with Gasteiger partial charge in [-0.15, -0.1) is 0 Å². The Morgan fingerprint density at radius 3 is 1.40 bits per heavy atom. The van der Waals surface area contributed by atoms with Gasteiger partial charge in [0.15, 0.2) is 5.96 Å². The van der Waals surface area contributed by atoms with Crippen molar-refractivity contribution in [2.24, 2.45) is 28.9 Å². The number of carbonyl (C=O) groups is 10. The van der Waals surface area contributed by atoms with Crippen LogP contribution in [-0.4, -0.2) is 125 Å². The fourth-order valence-corrected chi connectivity index (χ4v) is 5.75. The molecule has 0 saturated heterocycles. The highest BCUT2D eigenvalue weighted by molar-refractivity contribution is 7.98. The molecular formula is C34H60N12O11S. The van der Waals surface area contributed by atoms with Crippen molar-refractivity contribution < 1.29 is 53.1 Å². The van der Waals surface area contributed by atoms with E-state index in [-0.39, 0.29) is 69.8 Å². The van der Waals surface area contributed by atoms with Crippen molar-refractivity contribution >= 4 is 76.9 Å². The van der Waals surface area contributed by atoms with Gasteiger partial charge in [0, 0.05) is 32.7 Å². The second-order valence-corrected chi connectivity index (χ2v) is 14.8. The number of thioether (sulfide) groups is 1. The van der Waals surface area contributed by atoms with E-state index >= 15 is 0 Å². The number of carboxylic acids is 1. The number of rotatable bonds is 30. The van der Waals surface area contributed by atoms with Gasteiger partial charge in [-0.05, 0) is 62.9 Å². The summed E-state index contributed by atoms with van der Waals surface area (Å²) >= 11 is 1.36. The number of nitrogens with two attached hydrogens (primary N) is 4. The first-order chi connectivity index (χ1) is 27.1. The van der Waals surface area contributed by atoms with Gasteiger partial charge in [-0.25, -0.2) is 0 Å². The Hall–Kier alpha value is -5.68. The van der Waals surface area contributed by atoms with Gasteiger partial charge in [0.25, 0.3) is 0 Å². The maximum Gasteiger partial charge on any atom is 0.303 e. The third-order valence-corrected chi connectivity index (χ3v) is 8.84. The zero-order valence-electron chi connectivity index (χ0n) is 33.3. The summed E-state index contributed by atoms with van der Waals surface area (Å²) in [7, 11) is 0. The predicted octanol–water partition coefficient (Wildman–Crippen LogP) is -4.14. The molecule has 0 spiro atoms. The number of carboxylic acid groups (broad SMARTS) is 1. The van der Waals surface area contributed by atoms with E-state index < -0.39 is 108 Å². The molecular weight excluding hydrogens is 785 g/mol. The number of primary amides is 3. The van der Waals surface area contributed by atoms with Crippen molar-refractivity contribution in [3.63, 3.8) is 0 Å². The molecule has 0 heterocycles. The van der Waals surface area contributed by atoms with Gasteiger partial charge in [-0.3, -0.25) is 53.4 Å². The third kappa shape index (κ3) is 23.4. The first-order valence-corrected chi connectivity index (χ1v) is 19.9. The van der Waals surface area contributed by atoms with Crippen molar-refractivity contribution in [1.82, 2.24) is 37.2 Å². The van der Waals surface area contributed by atoms with Gasteiger partial charge in [0.05, 0.1) is 0 Å². The van der Waals surface area contributed by atoms with Gasteiger partial charge in [0.2, 0.25) is 53.2 Å². The molecule has 0 aromatic heterocycles. The molecule has 0 aromatic carbocycles. The topological polar surface area (TPSA) is 403 Å². The Labute approximate surface area is 340 Å². The quantitative estimate of drug-likeness (QED) is 0.0186. The molecule has 0 aliphatic rings. The second kappa shape index (κ2) is 27.8. The number of nitrogens with one attached hydrogen (secondary N) is 8. The number of amides is 9. The van der Waals surface area contributed by atoms with E-state index in [1.807, 2.05) is 0 Å². The number of carbonyl (C=O) groups excluding carboxylic acids is 9. The largest absolute Gasteiger partial charge is 0.481 e. The maximum atomic E-state index is 13.9. The van der Waals surface area contributed by atoms with Crippen LogP contribution in [0.2, 0.25) is 0 Å². The van der Waals surface area contributed by atoms with Crippen molar-refractivity contribution in [3.05, 3.63) is 0 Å². The van der Waals surface area contributed by atoms with Gasteiger partial charge < -0.3 is 65.3 Å². The van der Waals surface area contributed by atoms with Crippen LogP contribution < -0.4 is 60.2 Å². The van der Waals surface area contributed by atoms with Gasteiger partial charge >= 0.3 is 5.97 Å². The molecule has 0 unspecified atom stereocenters. The summed E-state index contributed by atoms with van der Waals surface area (Å²) in [5.74, 6) is -8.94. The maximum absolute atomic E-state index is 13.9. The SMILES string of the molecule is CSCC[C@H](NC(=O)[C@H](CCCNC(=N)N)NC(=O)[C@H](CC(C)C)NC(=O)[C@H](CCC(=O)O)NC(=O)[C@H](CCC(N)=O)NC(C)=O)C(=O)N[C@@H](CCC(N)=O)C(N)=O. The minimum Gasteiger partial charge on any atom is -0.481 e. The first kappa shape index (κ1) is 52.3. The van der Waals surface area contributed by atoms with E-state index in [2.05, 4.69) is 37.2 Å². The average molecular weight is 845 g/mol. The lowest BCUT2D eigenvalue weighted by Crippen LogP contribution is -2.60. The monoisotopic (exact) mass is 844 g/mol. The lowest BCUT2D eigenvalue weighted by molar-refractivity contribution is -0.138. The highest BCUT2D eigenvalue weighted by Crippen LogP contribution is 2.11. The summed E-state index contributed by atoms with van der Waals surface area (Å²) in [5.41, 5.74) is 21.1. The van der Waals surface area contributed by atoms with Crippen LogP contribution in [0.25, 0.3) is 0 Å². The highest BCUT2D eigenvalue weighted by atomic mass is 32.2. The van der Waals surface area contributed by atoms with Crippen molar-refractivity contribution in [1.29, 1.82) is 5.41 Å². The van der Waals surface area contributed by atoms with Crippen LogP contribution in [0.3, 0.4) is 0 Å². The number of hydrogen-bond acceptors (Lipinski definition) is 12. The Morgan fingerprint density at radius 2 is 0.983 bits per heavy atom. The number of hydrogen-bond donors (Lipinski definition) is 13. The van der Waals surface area contributed by atoms with Gasteiger partial charge in [-0.1, -0.05) is 13.8 Å². The van der Waals surface area contributed by atoms with Crippen LogP contribution in [0.15, 0.2) is 0 Å². The lowest BCUT2D eigenvalue weighted by Gasteiger charge is -2.28. The lowest BCUT2D eigenvalue weighted by atomic mass is 10.0. The van der Waals surface area contributed by atoms with Crippen molar-refractivity contribution in [3.8, 4) is 0 Å². The Morgan fingerprint density at radius 1 is 0.586 bits per heavy atom. The summed E-state index contributed by atoms with van der Waals surface area (Å²) in [5, 5.41) is 34.2. The molecule has 0 aromatic rings. The minimum absolute atomic E-state index is 0.00307. The van der Waals surface area contributed by atoms with Crippen LogP contribution in [0.4, 0.5) is 0 Å². The number of guanidine groups is 1. The second-order valence-electron chi connectivity index (χ2n) is 13.8. The van der Waals surface area contributed by atoms with Gasteiger partial charge in [-0.2, -0.15) is 11.8 Å². The molecule has 0 rings (SSSR count). The molecule has 23 nitrogen and oxygen atoms in total. The van der Waals surface area contributed by atoms with Crippen molar-refractivity contribution in [2.45, 2.75) is 121 Å². The first-order valence-electron chi connectivity index (χ1n) is 18.5. The minimum atomic E-state index is -1.53. The van der Waals surface area contributed by atoms with E-state index in [1.54, 1.807) is 20.1 Å². The van der Waals surface area contributed by atoms with Crippen LogP contribution in [0.5, 0.6) is 0 Å². The summed E-state index contributed by atoms with van der Waals surface area (Å²) in [6, 6.07) is -8.05. The van der Waals surface area contributed by atoms with Crippen LogP contribution >= 0.6 is 11.8 Å². The predicted molar refractivity (Wildman–Crippen MR) is 212 cm³/mol. The number of aliphatic carboxylic acids is 1. The standard InChI is InChI=1S/C34H60N12O11S/c1-17(2)16-24(46-31(55)22(9-12-27(50)51)44-30(54)21(41-18(3)47)8-11-26(36)49)33(57)43-20(6-5-14-40-34(38)39)29(53)45-23(13-15-58-4)32(56)42-19(28(37)52)7-10-25(35)48/h17,19-24H,5-16H2,1-4H3,(H2,35,48)(H2,36,49)(H2,37,52)(H,41,47)(H,42,56)(H,43,57)(H,44,54)(H,45,53)(H,46,55)(H,50,51)(H4,38,39,40)/t19-,20-,21-,22-,23-,24-/m0/s1. The van der Waals surface area contributed by atoms with E-state index in [9.17, 15) is 53.1 Å². The third-order valence-electron chi connectivity index (χ3n) is 8.19. The van der Waals surface area contributed by atoms with Crippen LogP contribution in [0.1, 0.15) is 85.0 Å². The summed E-state index contributed by atoms with van der Waals surface area (Å²) in [4.78, 5) is 126. The van der Waals surface area contributed by atoms with Crippen LogP contribution in [0, 0.1) is 11.3 Å². The Bertz CT molecular complexity index is 1480. The zero-order chi connectivity index (χ0) is 44.5. The molecule has 0 aliphatic carbocycles. The fourth-order valence-electron chi connectivity index (χ4n) is 5.28. The summed E-state index contributed by atoms with van der Waals surface area (Å²) < 4.78 is 0. The van der Waals surface area contributed by atoms with E-state index in [0.717, 1.165) is 6.92 Å². The molecule has 0 bridgehead atoms. The Kier molecular flexibility index (Phi) is 25.1. The molecule has 24 heteroatoms. The highest BCUT2D eigenvalue weighted by Gasteiger charge is 2.33. The fraction of sp³-hybridized carbons (Fsp3) is 0.676. The van der Waals surface area contributed by atoms with Crippen molar-refractivity contribution in [2.75, 3.05) is 18.6 Å².